The van der Waals surface area contributed by atoms with E-state index in [2.05, 4.69) is 41.4 Å². The van der Waals surface area contributed by atoms with Gasteiger partial charge < -0.3 is 11.1 Å². The molecule has 0 saturated heterocycles. The van der Waals surface area contributed by atoms with Gasteiger partial charge in [-0.3, -0.25) is 5.10 Å². The number of rotatable bonds is 2. The highest BCUT2D eigenvalue weighted by molar-refractivity contribution is 9.10. The minimum absolute atomic E-state index is 0.202. The second-order valence-electron chi connectivity index (χ2n) is 4.15. The summed E-state index contributed by atoms with van der Waals surface area (Å²) in [7, 11) is 0. The first-order valence-electron chi connectivity index (χ1n) is 5.63. The van der Waals surface area contributed by atoms with E-state index in [4.69, 9.17) is 5.73 Å². The number of nitrogens with two attached hydrogens (primary N) is 1. The van der Waals surface area contributed by atoms with Crippen molar-refractivity contribution in [3.63, 3.8) is 0 Å². The van der Waals surface area contributed by atoms with Crippen molar-refractivity contribution in [2.24, 2.45) is 0 Å². The number of aromatic amines is 1. The van der Waals surface area contributed by atoms with Crippen molar-refractivity contribution in [1.29, 1.82) is 0 Å². The molecule has 0 atom stereocenters. The summed E-state index contributed by atoms with van der Waals surface area (Å²) in [5, 5.41) is 10.8. The molecular formula is C12H11BrN6. The molecule has 0 aliphatic rings. The molecule has 0 amide bonds. The Labute approximate surface area is 117 Å². The van der Waals surface area contributed by atoms with Gasteiger partial charge >= 0.3 is 0 Å². The topological polar surface area (TPSA) is 92.5 Å². The summed E-state index contributed by atoms with van der Waals surface area (Å²) < 4.78 is 1.06. The standard InChI is InChI=1S/C12H11BrN6/c1-6-4-7(2-3-9(6)13)16-10-8-5-15-19-11(8)18-12(14)17-10/h2-5H,1H3,(H4,14,15,16,17,18,19). The lowest BCUT2D eigenvalue weighted by atomic mass is 10.2. The lowest BCUT2D eigenvalue weighted by Gasteiger charge is -2.08. The summed E-state index contributed by atoms with van der Waals surface area (Å²) in [6.07, 6.45) is 1.67. The van der Waals surface area contributed by atoms with Crippen molar-refractivity contribution in [2.45, 2.75) is 6.92 Å². The molecule has 3 rings (SSSR count). The van der Waals surface area contributed by atoms with Crippen LogP contribution in [0, 0.1) is 6.92 Å². The van der Waals surface area contributed by atoms with Crippen LogP contribution in [0.2, 0.25) is 0 Å². The van der Waals surface area contributed by atoms with Gasteiger partial charge in [-0.05, 0) is 30.7 Å². The number of nitrogens with zero attached hydrogens (tertiary/aromatic N) is 3. The van der Waals surface area contributed by atoms with Crippen molar-refractivity contribution in [2.75, 3.05) is 11.1 Å². The van der Waals surface area contributed by atoms with Gasteiger partial charge in [0.1, 0.15) is 5.82 Å². The van der Waals surface area contributed by atoms with Gasteiger partial charge in [0.25, 0.3) is 0 Å². The van der Waals surface area contributed by atoms with Gasteiger partial charge in [-0.25, -0.2) is 0 Å². The molecule has 96 valence electrons. The van der Waals surface area contributed by atoms with E-state index in [1.807, 2.05) is 25.1 Å². The van der Waals surface area contributed by atoms with Gasteiger partial charge in [-0.15, -0.1) is 0 Å². The Morgan fingerprint density at radius 3 is 2.95 bits per heavy atom. The molecule has 4 N–H and O–H groups in total. The fraction of sp³-hybridized carbons (Fsp3) is 0.0833. The quantitative estimate of drug-likeness (QED) is 0.675. The maximum atomic E-state index is 5.67. The second kappa shape index (κ2) is 4.51. The molecule has 0 aliphatic heterocycles. The van der Waals surface area contributed by atoms with Crippen molar-refractivity contribution in [3.8, 4) is 0 Å². The summed E-state index contributed by atoms with van der Waals surface area (Å²) in [6, 6.07) is 5.96. The van der Waals surface area contributed by atoms with Crippen LogP contribution in [-0.4, -0.2) is 20.2 Å². The molecule has 0 bridgehead atoms. The maximum absolute atomic E-state index is 5.67. The zero-order valence-corrected chi connectivity index (χ0v) is 11.7. The van der Waals surface area contributed by atoms with Crippen LogP contribution in [-0.2, 0) is 0 Å². The van der Waals surface area contributed by atoms with Gasteiger partial charge in [0.05, 0.1) is 11.6 Å². The first-order chi connectivity index (χ1) is 9.13. The Morgan fingerprint density at radius 2 is 2.16 bits per heavy atom. The summed E-state index contributed by atoms with van der Waals surface area (Å²) in [5.74, 6) is 0.839. The molecule has 2 heterocycles. The van der Waals surface area contributed by atoms with Crippen LogP contribution in [0.15, 0.2) is 28.9 Å². The van der Waals surface area contributed by atoms with E-state index < -0.39 is 0 Å². The first-order valence-corrected chi connectivity index (χ1v) is 6.42. The van der Waals surface area contributed by atoms with Crippen molar-refractivity contribution in [3.05, 3.63) is 34.4 Å². The molecule has 2 aromatic heterocycles. The number of nitrogens with one attached hydrogen (secondary N) is 2. The number of anilines is 3. The third kappa shape index (κ3) is 2.24. The Kier molecular flexibility index (Phi) is 2.83. The summed E-state index contributed by atoms with van der Waals surface area (Å²) in [5.41, 5.74) is 8.36. The van der Waals surface area contributed by atoms with Crippen LogP contribution in [0.25, 0.3) is 11.0 Å². The number of nitrogen functional groups attached to an aromatic ring is 1. The molecule has 0 unspecified atom stereocenters. The molecule has 0 spiro atoms. The lowest BCUT2D eigenvalue weighted by molar-refractivity contribution is 1.09. The Balaban J connectivity index is 2.04. The van der Waals surface area contributed by atoms with Gasteiger partial charge in [-0.1, -0.05) is 15.9 Å². The van der Waals surface area contributed by atoms with Gasteiger partial charge in [0, 0.05) is 10.2 Å². The van der Waals surface area contributed by atoms with Crippen molar-refractivity contribution in [1.82, 2.24) is 20.2 Å². The fourth-order valence-corrected chi connectivity index (χ4v) is 2.05. The first kappa shape index (κ1) is 11.9. The summed E-state index contributed by atoms with van der Waals surface area (Å²) >= 11 is 3.47. The Bertz CT molecular complexity index is 751. The van der Waals surface area contributed by atoms with Gasteiger partial charge in [0.15, 0.2) is 5.65 Å². The Morgan fingerprint density at radius 1 is 1.32 bits per heavy atom. The number of halogens is 1. The SMILES string of the molecule is Cc1cc(Nc2nc(N)nc3[nH]ncc23)ccc1Br. The van der Waals surface area contributed by atoms with Crippen molar-refractivity contribution < 1.29 is 0 Å². The molecule has 6 nitrogen and oxygen atoms in total. The second-order valence-corrected chi connectivity index (χ2v) is 5.01. The van der Waals surface area contributed by atoms with E-state index in [-0.39, 0.29) is 5.95 Å². The number of aromatic nitrogens is 4. The highest BCUT2D eigenvalue weighted by Crippen LogP contribution is 2.25. The predicted octanol–water partition coefficient (Wildman–Crippen LogP) is 2.75. The molecule has 19 heavy (non-hydrogen) atoms. The summed E-state index contributed by atoms with van der Waals surface area (Å²) in [6.45, 7) is 2.02. The van der Waals surface area contributed by atoms with Crippen LogP contribution in [0.1, 0.15) is 5.56 Å². The van der Waals surface area contributed by atoms with E-state index in [0.717, 1.165) is 21.1 Å². The molecule has 1 aromatic carbocycles. The molecule has 0 radical (unpaired) electrons. The van der Waals surface area contributed by atoms with Crippen LogP contribution < -0.4 is 11.1 Å². The van der Waals surface area contributed by atoms with E-state index in [1.54, 1.807) is 6.20 Å². The fourth-order valence-electron chi connectivity index (χ4n) is 1.81. The smallest absolute Gasteiger partial charge is 0.224 e. The zero-order chi connectivity index (χ0) is 13.4. The monoisotopic (exact) mass is 318 g/mol. The van der Waals surface area contributed by atoms with E-state index in [1.165, 1.54) is 0 Å². The minimum atomic E-state index is 0.202. The molecule has 7 heteroatoms. The largest absolute Gasteiger partial charge is 0.368 e. The molecular weight excluding hydrogens is 308 g/mol. The average Bonchev–Trinajstić information content (AvgIpc) is 2.82. The predicted molar refractivity (Wildman–Crippen MR) is 78.3 cm³/mol. The Hall–Kier alpha value is -2.15. The number of hydrogen-bond donors (Lipinski definition) is 3. The van der Waals surface area contributed by atoms with Crippen LogP contribution in [0.4, 0.5) is 17.5 Å². The van der Waals surface area contributed by atoms with Crippen LogP contribution in [0.5, 0.6) is 0 Å². The lowest BCUT2D eigenvalue weighted by Crippen LogP contribution is -2.00. The molecule has 0 fully saturated rings. The van der Waals surface area contributed by atoms with Gasteiger partial charge in [-0.2, -0.15) is 15.1 Å². The highest BCUT2D eigenvalue weighted by atomic mass is 79.9. The normalized spacial score (nSPS) is 10.8. The third-order valence-electron chi connectivity index (χ3n) is 2.75. The molecule has 3 aromatic rings. The van der Waals surface area contributed by atoms with E-state index in [9.17, 15) is 0 Å². The maximum Gasteiger partial charge on any atom is 0.224 e. The number of aryl methyl sites for hydroxylation is 1. The van der Waals surface area contributed by atoms with Crippen molar-refractivity contribution >= 4 is 44.4 Å². The highest BCUT2D eigenvalue weighted by Gasteiger charge is 2.08. The number of fused-ring (bicyclic) bond motifs is 1. The minimum Gasteiger partial charge on any atom is -0.368 e. The van der Waals surface area contributed by atoms with E-state index >= 15 is 0 Å². The van der Waals surface area contributed by atoms with Crippen LogP contribution >= 0.6 is 15.9 Å². The molecule has 0 aliphatic carbocycles. The average molecular weight is 319 g/mol. The summed E-state index contributed by atoms with van der Waals surface area (Å²) in [4.78, 5) is 8.28. The number of hydrogen-bond acceptors (Lipinski definition) is 5. The number of H-pyrrole nitrogens is 1. The van der Waals surface area contributed by atoms with E-state index in [0.29, 0.717) is 11.5 Å². The molecule has 0 saturated carbocycles. The number of benzene rings is 1. The van der Waals surface area contributed by atoms with Crippen LogP contribution in [0.3, 0.4) is 0 Å². The zero-order valence-electron chi connectivity index (χ0n) is 10.1. The van der Waals surface area contributed by atoms with Gasteiger partial charge in [0.2, 0.25) is 5.95 Å². The third-order valence-corrected chi connectivity index (χ3v) is 3.64.